The van der Waals surface area contributed by atoms with Crippen molar-refractivity contribution in [3.63, 3.8) is 0 Å². The number of alkyl halides is 3. The standard InChI is InChI=1S/C15H12F3NO4/c16-15(17,18)23-10-3-4-12-11(7-10)13(20)5-9(6-14(21)22)19(12)8-1-2-8/h3-5,7-8H,1-2,6H2,(H,21,22). The lowest BCUT2D eigenvalue weighted by Crippen LogP contribution is -2.19. The molecule has 0 aliphatic heterocycles. The first-order chi connectivity index (χ1) is 10.7. The number of carboxylic acid groups (broad SMARTS) is 1. The lowest BCUT2D eigenvalue weighted by molar-refractivity contribution is -0.274. The fourth-order valence-corrected chi connectivity index (χ4v) is 2.63. The predicted octanol–water partition coefficient (Wildman–Crippen LogP) is 2.86. The average Bonchev–Trinajstić information content (AvgIpc) is 3.21. The molecule has 1 fully saturated rings. The SMILES string of the molecule is O=C(O)Cc1cc(=O)c2cc(OC(F)(F)F)ccc2n1C1CC1. The van der Waals surface area contributed by atoms with E-state index in [1.165, 1.54) is 12.1 Å². The van der Waals surface area contributed by atoms with Crippen molar-refractivity contribution in [2.45, 2.75) is 31.7 Å². The number of carboxylic acids is 1. The summed E-state index contributed by atoms with van der Waals surface area (Å²) in [4.78, 5) is 23.1. The van der Waals surface area contributed by atoms with Crippen molar-refractivity contribution in [1.29, 1.82) is 0 Å². The molecule has 1 aromatic heterocycles. The number of benzene rings is 1. The van der Waals surface area contributed by atoms with Gasteiger partial charge in [0.1, 0.15) is 5.75 Å². The number of aliphatic carboxylic acids is 1. The van der Waals surface area contributed by atoms with Crippen LogP contribution in [-0.4, -0.2) is 22.0 Å². The Hall–Kier alpha value is -2.51. The molecule has 1 saturated carbocycles. The number of ether oxygens (including phenoxy) is 1. The van der Waals surface area contributed by atoms with Gasteiger partial charge in [-0.25, -0.2) is 0 Å². The molecule has 2 aromatic rings. The van der Waals surface area contributed by atoms with Crippen LogP contribution in [0.25, 0.3) is 10.9 Å². The van der Waals surface area contributed by atoms with Gasteiger partial charge in [0.15, 0.2) is 5.43 Å². The number of hydrogen-bond donors (Lipinski definition) is 1. The third-order valence-electron chi connectivity index (χ3n) is 3.58. The first kappa shape index (κ1) is 15.4. The monoisotopic (exact) mass is 327 g/mol. The highest BCUT2D eigenvalue weighted by atomic mass is 19.4. The van der Waals surface area contributed by atoms with E-state index in [0.29, 0.717) is 11.2 Å². The van der Waals surface area contributed by atoms with E-state index in [1.54, 1.807) is 4.57 Å². The van der Waals surface area contributed by atoms with Crippen LogP contribution >= 0.6 is 0 Å². The molecule has 0 atom stereocenters. The van der Waals surface area contributed by atoms with Gasteiger partial charge < -0.3 is 14.4 Å². The van der Waals surface area contributed by atoms with Crippen LogP contribution in [0.1, 0.15) is 24.6 Å². The van der Waals surface area contributed by atoms with Gasteiger partial charge in [0, 0.05) is 23.2 Å². The first-order valence-corrected chi connectivity index (χ1v) is 6.90. The molecular weight excluding hydrogens is 315 g/mol. The van der Waals surface area contributed by atoms with Crippen LogP contribution in [0.15, 0.2) is 29.1 Å². The van der Waals surface area contributed by atoms with Gasteiger partial charge in [-0.3, -0.25) is 9.59 Å². The summed E-state index contributed by atoms with van der Waals surface area (Å²) in [6, 6.07) is 4.77. The first-order valence-electron chi connectivity index (χ1n) is 6.90. The number of rotatable bonds is 4. The lowest BCUT2D eigenvalue weighted by Gasteiger charge is -2.16. The molecule has 23 heavy (non-hydrogen) atoms. The van der Waals surface area contributed by atoms with E-state index >= 15 is 0 Å². The highest BCUT2D eigenvalue weighted by molar-refractivity contribution is 5.82. The Balaban J connectivity index is 2.16. The fraction of sp³-hybridized carbons (Fsp3) is 0.333. The summed E-state index contributed by atoms with van der Waals surface area (Å²) >= 11 is 0. The van der Waals surface area contributed by atoms with E-state index in [2.05, 4.69) is 4.74 Å². The number of hydrogen-bond acceptors (Lipinski definition) is 3. The average molecular weight is 327 g/mol. The van der Waals surface area contributed by atoms with E-state index in [1.807, 2.05) is 0 Å². The van der Waals surface area contributed by atoms with E-state index in [0.717, 1.165) is 25.0 Å². The van der Waals surface area contributed by atoms with Crippen LogP contribution in [0, 0.1) is 0 Å². The van der Waals surface area contributed by atoms with E-state index in [-0.39, 0.29) is 17.8 Å². The Bertz CT molecular complexity index is 837. The van der Waals surface area contributed by atoms with Crippen molar-refractivity contribution in [2.24, 2.45) is 0 Å². The summed E-state index contributed by atoms with van der Waals surface area (Å²) in [5, 5.41) is 9.04. The summed E-state index contributed by atoms with van der Waals surface area (Å²) in [6.07, 6.45) is -3.48. The number of carbonyl (C=O) groups is 1. The molecule has 0 amide bonds. The molecule has 1 aliphatic rings. The molecule has 0 unspecified atom stereocenters. The Kier molecular flexibility index (Phi) is 3.54. The van der Waals surface area contributed by atoms with Crippen molar-refractivity contribution in [1.82, 2.24) is 4.57 Å². The Morgan fingerprint density at radius 1 is 1.30 bits per heavy atom. The van der Waals surface area contributed by atoms with Gasteiger partial charge in [0.25, 0.3) is 0 Å². The van der Waals surface area contributed by atoms with Crippen molar-refractivity contribution >= 4 is 16.9 Å². The second-order valence-corrected chi connectivity index (χ2v) is 5.40. The van der Waals surface area contributed by atoms with Crippen LogP contribution in [-0.2, 0) is 11.2 Å². The van der Waals surface area contributed by atoms with Crippen molar-refractivity contribution in [2.75, 3.05) is 0 Å². The zero-order valence-corrected chi connectivity index (χ0v) is 11.8. The molecule has 0 spiro atoms. The summed E-state index contributed by atoms with van der Waals surface area (Å²) in [5.41, 5.74) is 0.244. The van der Waals surface area contributed by atoms with Crippen molar-refractivity contribution in [3.05, 3.63) is 40.2 Å². The second kappa shape index (κ2) is 5.29. The molecule has 122 valence electrons. The van der Waals surface area contributed by atoms with Gasteiger partial charge in [-0.2, -0.15) is 0 Å². The molecule has 0 bridgehead atoms. The molecule has 1 N–H and O–H groups in total. The molecule has 3 rings (SSSR count). The second-order valence-electron chi connectivity index (χ2n) is 5.40. The minimum atomic E-state index is -4.84. The number of halogens is 3. The number of pyridine rings is 1. The van der Waals surface area contributed by atoms with Crippen molar-refractivity contribution < 1.29 is 27.8 Å². The summed E-state index contributed by atoms with van der Waals surface area (Å²) in [5.74, 6) is -1.55. The fourth-order valence-electron chi connectivity index (χ4n) is 2.63. The van der Waals surface area contributed by atoms with Crippen LogP contribution < -0.4 is 10.2 Å². The van der Waals surface area contributed by atoms with Gasteiger partial charge in [0.2, 0.25) is 0 Å². The third kappa shape index (κ3) is 3.30. The van der Waals surface area contributed by atoms with E-state index in [9.17, 15) is 22.8 Å². The van der Waals surface area contributed by atoms with Crippen LogP contribution in [0.3, 0.4) is 0 Å². The quantitative estimate of drug-likeness (QED) is 0.937. The highest BCUT2D eigenvalue weighted by Gasteiger charge is 2.32. The molecule has 0 saturated heterocycles. The summed E-state index contributed by atoms with van der Waals surface area (Å²) in [6.45, 7) is 0. The topological polar surface area (TPSA) is 68.5 Å². The molecular formula is C15H12F3NO4. The van der Waals surface area contributed by atoms with Gasteiger partial charge in [-0.05, 0) is 31.0 Å². The maximum atomic E-state index is 12.3. The molecule has 8 heteroatoms. The molecule has 1 heterocycles. The Morgan fingerprint density at radius 3 is 2.57 bits per heavy atom. The van der Waals surface area contributed by atoms with Crippen LogP contribution in [0.5, 0.6) is 5.75 Å². The highest BCUT2D eigenvalue weighted by Crippen LogP contribution is 2.38. The normalized spacial score (nSPS) is 14.9. The molecule has 0 radical (unpaired) electrons. The molecule has 1 aliphatic carbocycles. The zero-order chi connectivity index (χ0) is 16.8. The minimum absolute atomic E-state index is 0.0711. The van der Waals surface area contributed by atoms with Gasteiger partial charge in [0.05, 0.1) is 11.9 Å². The van der Waals surface area contributed by atoms with E-state index in [4.69, 9.17) is 5.11 Å². The maximum absolute atomic E-state index is 12.3. The predicted molar refractivity (Wildman–Crippen MR) is 74.5 cm³/mol. The van der Waals surface area contributed by atoms with Gasteiger partial charge in [-0.15, -0.1) is 13.2 Å². The van der Waals surface area contributed by atoms with Crippen molar-refractivity contribution in [3.8, 4) is 5.75 Å². The minimum Gasteiger partial charge on any atom is -0.481 e. The van der Waals surface area contributed by atoms with Gasteiger partial charge in [-0.1, -0.05) is 0 Å². The summed E-state index contributed by atoms with van der Waals surface area (Å²) < 4.78 is 42.4. The smallest absolute Gasteiger partial charge is 0.481 e. The Morgan fingerprint density at radius 2 is 2.00 bits per heavy atom. The Labute approximate surface area is 127 Å². The number of nitrogens with zero attached hydrogens (tertiary/aromatic N) is 1. The lowest BCUT2D eigenvalue weighted by atomic mass is 10.1. The number of fused-ring (bicyclic) bond motifs is 1. The van der Waals surface area contributed by atoms with Crippen LogP contribution in [0.2, 0.25) is 0 Å². The largest absolute Gasteiger partial charge is 0.573 e. The van der Waals surface area contributed by atoms with Crippen LogP contribution in [0.4, 0.5) is 13.2 Å². The number of aromatic nitrogens is 1. The molecule has 1 aromatic carbocycles. The summed E-state index contributed by atoms with van der Waals surface area (Å²) in [7, 11) is 0. The van der Waals surface area contributed by atoms with E-state index < -0.39 is 23.5 Å². The van der Waals surface area contributed by atoms with Gasteiger partial charge >= 0.3 is 12.3 Å². The third-order valence-corrected chi connectivity index (χ3v) is 3.58. The zero-order valence-electron chi connectivity index (χ0n) is 11.8. The molecule has 5 nitrogen and oxygen atoms in total. The maximum Gasteiger partial charge on any atom is 0.573 e.